The first kappa shape index (κ1) is 11.6. The fourth-order valence-electron chi connectivity index (χ4n) is 2.11. The molecular weight excluding hydrogens is 243 g/mol. The summed E-state index contributed by atoms with van der Waals surface area (Å²) >= 11 is 0. The van der Waals surface area contributed by atoms with E-state index in [0.29, 0.717) is 17.8 Å². The maximum atomic E-state index is 12.9. The fraction of sp³-hybridized carbons (Fsp3) is 0.143. The first-order chi connectivity index (χ1) is 9.13. The highest BCUT2D eigenvalue weighted by molar-refractivity contribution is 5.65. The van der Waals surface area contributed by atoms with Gasteiger partial charge in [-0.3, -0.25) is 4.40 Å². The Balaban J connectivity index is 2.03. The number of nitrogens with two attached hydrogens (primary N) is 1. The number of fused-ring (bicyclic) bond motifs is 1. The molecule has 3 rings (SSSR count). The summed E-state index contributed by atoms with van der Waals surface area (Å²) in [6.45, 7) is 1.97. The summed E-state index contributed by atoms with van der Waals surface area (Å²) in [6, 6.07) is 8.24. The Hall–Kier alpha value is -2.43. The topological polar surface area (TPSA) is 56.2 Å². The molecule has 2 heterocycles. The zero-order valence-corrected chi connectivity index (χ0v) is 10.5. The van der Waals surface area contributed by atoms with E-state index in [9.17, 15) is 4.39 Å². The largest absolute Gasteiger partial charge is 0.396 e. The van der Waals surface area contributed by atoms with Crippen LogP contribution in [-0.2, 0) is 6.42 Å². The Morgan fingerprint density at radius 3 is 2.68 bits per heavy atom. The number of aryl methyl sites for hydroxylation is 1. The lowest BCUT2D eigenvalue weighted by molar-refractivity contribution is 0.627. The Kier molecular flexibility index (Phi) is 2.67. The van der Waals surface area contributed by atoms with Crippen LogP contribution in [0.1, 0.15) is 17.0 Å². The second kappa shape index (κ2) is 4.35. The summed E-state index contributed by atoms with van der Waals surface area (Å²) in [5.74, 6) is 0.548. The van der Waals surface area contributed by atoms with E-state index in [0.717, 1.165) is 17.0 Å². The standard InChI is InChI=1S/C14H13FN4/c1-9-6-12(16)14-18-17-13(19(14)8-9)7-10-2-4-11(15)5-3-10/h2-6,8H,7,16H2,1H3. The van der Waals surface area contributed by atoms with Gasteiger partial charge in [0.15, 0.2) is 5.65 Å². The average molecular weight is 256 g/mol. The van der Waals surface area contributed by atoms with E-state index in [1.165, 1.54) is 12.1 Å². The second-order valence-electron chi connectivity index (χ2n) is 4.59. The summed E-state index contributed by atoms with van der Waals surface area (Å²) in [5.41, 5.74) is 9.20. The highest BCUT2D eigenvalue weighted by atomic mass is 19.1. The van der Waals surface area contributed by atoms with Gasteiger partial charge in [0, 0.05) is 12.6 Å². The van der Waals surface area contributed by atoms with Crippen molar-refractivity contribution in [1.29, 1.82) is 0 Å². The van der Waals surface area contributed by atoms with Crippen LogP contribution in [0.4, 0.5) is 10.1 Å². The molecule has 0 aliphatic carbocycles. The zero-order valence-electron chi connectivity index (χ0n) is 10.5. The smallest absolute Gasteiger partial charge is 0.184 e. The van der Waals surface area contributed by atoms with Gasteiger partial charge in [-0.2, -0.15) is 0 Å². The van der Waals surface area contributed by atoms with Crippen LogP contribution in [0.3, 0.4) is 0 Å². The predicted octanol–water partition coefficient (Wildman–Crippen LogP) is 2.35. The molecule has 4 nitrogen and oxygen atoms in total. The van der Waals surface area contributed by atoms with Crippen LogP contribution in [0.2, 0.25) is 0 Å². The lowest BCUT2D eigenvalue weighted by Crippen LogP contribution is -1.99. The number of pyridine rings is 1. The average Bonchev–Trinajstić information content (AvgIpc) is 2.76. The van der Waals surface area contributed by atoms with Crippen molar-refractivity contribution in [3.8, 4) is 0 Å². The third-order valence-corrected chi connectivity index (χ3v) is 3.02. The molecule has 96 valence electrons. The summed E-state index contributed by atoms with van der Waals surface area (Å²) in [5, 5.41) is 8.24. The number of benzene rings is 1. The van der Waals surface area contributed by atoms with Gasteiger partial charge in [-0.25, -0.2) is 4.39 Å². The van der Waals surface area contributed by atoms with Crippen LogP contribution < -0.4 is 5.73 Å². The molecule has 0 aliphatic rings. The summed E-state index contributed by atoms with van der Waals surface area (Å²) in [7, 11) is 0. The minimum absolute atomic E-state index is 0.241. The van der Waals surface area contributed by atoms with Gasteiger partial charge in [-0.05, 0) is 36.2 Å². The molecule has 0 unspecified atom stereocenters. The van der Waals surface area contributed by atoms with Crippen LogP contribution >= 0.6 is 0 Å². The van der Waals surface area contributed by atoms with Crippen LogP contribution in [0.25, 0.3) is 5.65 Å². The number of nitrogens with zero attached hydrogens (tertiary/aromatic N) is 3. The number of halogens is 1. The molecule has 0 aliphatic heterocycles. The van der Waals surface area contributed by atoms with E-state index in [-0.39, 0.29) is 5.82 Å². The van der Waals surface area contributed by atoms with Crippen molar-refractivity contribution in [3.05, 3.63) is 59.3 Å². The summed E-state index contributed by atoms with van der Waals surface area (Å²) in [6.07, 6.45) is 2.54. The Morgan fingerprint density at radius 2 is 1.95 bits per heavy atom. The van der Waals surface area contributed by atoms with E-state index in [2.05, 4.69) is 10.2 Å². The van der Waals surface area contributed by atoms with E-state index < -0.39 is 0 Å². The van der Waals surface area contributed by atoms with Gasteiger partial charge in [-0.1, -0.05) is 12.1 Å². The molecule has 0 saturated heterocycles. The zero-order chi connectivity index (χ0) is 13.4. The van der Waals surface area contributed by atoms with Crippen molar-refractivity contribution in [2.45, 2.75) is 13.3 Å². The third-order valence-electron chi connectivity index (χ3n) is 3.02. The van der Waals surface area contributed by atoms with Crippen molar-refractivity contribution in [2.75, 3.05) is 5.73 Å². The van der Waals surface area contributed by atoms with Gasteiger partial charge in [0.25, 0.3) is 0 Å². The molecular formula is C14H13FN4. The van der Waals surface area contributed by atoms with Crippen LogP contribution in [0.15, 0.2) is 36.5 Å². The maximum absolute atomic E-state index is 12.9. The van der Waals surface area contributed by atoms with Crippen LogP contribution in [-0.4, -0.2) is 14.6 Å². The van der Waals surface area contributed by atoms with Crippen molar-refractivity contribution < 1.29 is 4.39 Å². The normalized spacial score (nSPS) is 11.1. The number of rotatable bonds is 2. The predicted molar refractivity (Wildman–Crippen MR) is 71.3 cm³/mol. The van der Waals surface area contributed by atoms with Crippen molar-refractivity contribution >= 4 is 11.3 Å². The number of hydrogen-bond donors (Lipinski definition) is 1. The Bertz CT molecular complexity index is 731. The minimum atomic E-state index is -0.241. The number of aromatic nitrogens is 3. The molecule has 0 bridgehead atoms. The first-order valence-corrected chi connectivity index (χ1v) is 5.97. The molecule has 0 atom stereocenters. The molecule has 2 N–H and O–H groups in total. The Labute approximate surface area is 109 Å². The molecule has 0 fully saturated rings. The molecule has 5 heteroatoms. The van der Waals surface area contributed by atoms with E-state index in [1.807, 2.05) is 23.6 Å². The SMILES string of the molecule is Cc1cc(N)c2nnc(Cc3ccc(F)cc3)n2c1. The molecule has 1 aromatic carbocycles. The quantitative estimate of drug-likeness (QED) is 0.765. The lowest BCUT2D eigenvalue weighted by Gasteiger charge is -2.03. The van der Waals surface area contributed by atoms with E-state index in [1.54, 1.807) is 12.1 Å². The lowest BCUT2D eigenvalue weighted by atomic mass is 10.1. The molecule has 19 heavy (non-hydrogen) atoms. The second-order valence-corrected chi connectivity index (χ2v) is 4.59. The Morgan fingerprint density at radius 1 is 1.21 bits per heavy atom. The summed E-state index contributed by atoms with van der Waals surface area (Å²) < 4.78 is 14.8. The first-order valence-electron chi connectivity index (χ1n) is 5.97. The van der Waals surface area contributed by atoms with Gasteiger partial charge in [-0.15, -0.1) is 10.2 Å². The molecule has 0 radical (unpaired) electrons. The van der Waals surface area contributed by atoms with Crippen molar-refractivity contribution in [3.63, 3.8) is 0 Å². The van der Waals surface area contributed by atoms with Gasteiger partial charge in [0.2, 0.25) is 0 Å². The van der Waals surface area contributed by atoms with Gasteiger partial charge in [0.1, 0.15) is 11.6 Å². The van der Waals surface area contributed by atoms with E-state index in [4.69, 9.17) is 5.73 Å². The van der Waals surface area contributed by atoms with Crippen LogP contribution in [0.5, 0.6) is 0 Å². The molecule has 0 saturated carbocycles. The number of nitrogen functional groups attached to an aromatic ring is 1. The monoisotopic (exact) mass is 256 g/mol. The molecule has 0 spiro atoms. The van der Waals surface area contributed by atoms with Gasteiger partial charge >= 0.3 is 0 Å². The third kappa shape index (κ3) is 2.14. The van der Waals surface area contributed by atoms with Crippen molar-refractivity contribution in [2.24, 2.45) is 0 Å². The minimum Gasteiger partial charge on any atom is -0.396 e. The maximum Gasteiger partial charge on any atom is 0.184 e. The van der Waals surface area contributed by atoms with Gasteiger partial charge in [0.05, 0.1) is 5.69 Å². The molecule has 3 aromatic rings. The highest BCUT2D eigenvalue weighted by Crippen LogP contribution is 2.16. The highest BCUT2D eigenvalue weighted by Gasteiger charge is 2.09. The molecule has 2 aromatic heterocycles. The fourth-order valence-corrected chi connectivity index (χ4v) is 2.11. The van der Waals surface area contributed by atoms with Crippen molar-refractivity contribution in [1.82, 2.24) is 14.6 Å². The van der Waals surface area contributed by atoms with E-state index >= 15 is 0 Å². The summed E-state index contributed by atoms with van der Waals surface area (Å²) in [4.78, 5) is 0. The number of hydrogen-bond acceptors (Lipinski definition) is 3. The number of anilines is 1. The molecule has 0 amide bonds. The van der Waals surface area contributed by atoms with Gasteiger partial charge < -0.3 is 5.73 Å². The van der Waals surface area contributed by atoms with Crippen LogP contribution in [0, 0.1) is 12.7 Å².